The van der Waals surface area contributed by atoms with Crippen LogP contribution in [0, 0.1) is 0 Å². The van der Waals surface area contributed by atoms with E-state index in [1.54, 1.807) is 0 Å². The summed E-state index contributed by atoms with van der Waals surface area (Å²) in [5.74, 6) is 0.631. The maximum atomic E-state index is 12.2. The molecule has 1 heterocycles. The molecule has 4 heteroatoms. The molecule has 4 nitrogen and oxygen atoms in total. The molecule has 1 aliphatic heterocycles. The molecular weight excluding hydrogens is 324 g/mol. The molecule has 1 fully saturated rings. The molecule has 0 aromatic heterocycles. The van der Waals surface area contributed by atoms with Crippen LogP contribution in [0.2, 0.25) is 0 Å². The first kappa shape index (κ1) is 17.1. The van der Waals surface area contributed by atoms with Crippen LogP contribution in [-0.2, 0) is 18.4 Å². The maximum absolute atomic E-state index is 12.2. The number of likely N-dealkylation sites (tertiary alicyclic amines) is 1. The van der Waals surface area contributed by atoms with Crippen LogP contribution in [0.25, 0.3) is 0 Å². The van der Waals surface area contributed by atoms with E-state index in [0.717, 1.165) is 25.1 Å². The van der Waals surface area contributed by atoms with E-state index in [-0.39, 0.29) is 5.41 Å². The summed E-state index contributed by atoms with van der Waals surface area (Å²) >= 11 is 0. The Morgan fingerprint density at radius 1 is 1.27 bits per heavy atom. The van der Waals surface area contributed by atoms with Crippen molar-refractivity contribution in [2.45, 2.75) is 44.7 Å². The smallest absolute Gasteiger partial charge is 0.410 e. The van der Waals surface area contributed by atoms with Crippen LogP contribution in [0.4, 0.5) is 4.79 Å². The van der Waals surface area contributed by atoms with Crippen molar-refractivity contribution < 1.29 is 9.53 Å². The second-order valence-corrected chi connectivity index (χ2v) is 7.56. The second-order valence-electron chi connectivity index (χ2n) is 7.56. The van der Waals surface area contributed by atoms with Gasteiger partial charge in [0.15, 0.2) is 0 Å². The number of amides is 1. The van der Waals surface area contributed by atoms with Gasteiger partial charge in [-0.2, -0.15) is 0 Å². The van der Waals surface area contributed by atoms with Gasteiger partial charge in [0.25, 0.3) is 0 Å². The number of hydrogen-bond donors (Lipinski definition) is 1. The van der Waals surface area contributed by atoms with Crippen LogP contribution in [0.3, 0.4) is 0 Å². The molecule has 1 aliphatic carbocycles. The number of rotatable bonds is 4. The van der Waals surface area contributed by atoms with Crippen molar-refractivity contribution in [3.8, 4) is 5.75 Å². The number of nitrogens with zero attached hydrogens (tertiary/aromatic N) is 1. The molecule has 2 aromatic rings. The van der Waals surface area contributed by atoms with Crippen LogP contribution >= 0.6 is 0 Å². The number of ether oxygens (including phenoxy) is 1. The van der Waals surface area contributed by atoms with Crippen molar-refractivity contribution >= 4 is 6.09 Å². The molecule has 0 radical (unpaired) electrons. The molecule has 136 valence electrons. The average molecular weight is 350 g/mol. The van der Waals surface area contributed by atoms with Gasteiger partial charge in [0.05, 0.1) is 0 Å². The highest BCUT2D eigenvalue weighted by atomic mass is 16.6. The van der Waals surface area contributed by atoms with E-state index in [2.05, 4.69) is 36.2 Å². The molecule has 1 unspecified atom stereocenters. The Hall–Kier alpha value is -2.33. The quantitative estimate of drug-likeness (QED) is 0.910. The lowest BCUT2D eigenvalue weighted by atomic mass is 9.80. The number of likely N-dealkylation sites (N-methyl/N-ethyl adjacent to an activating group) is 1. The Balaban J connectivity index is 1.45. The third-order valence-corrected chi connectivity index (χ3v) is 6.10. The summed E-state index contributed by atoms with van der Waals surface area (Å²) in [5.41, 5.74) is 3.98. The summed E-state index contributed by atoms with van der Waals surface area (Å²) < 4.78 is 5.54. The Kier molecular flexibility index (Phi) is 4.45. The summed E-state index contributed by atoms with van der Waals surface area (Å²) in [6.07, 6.45) is 1.86. The number of carbonyl (C=O) groups is 1. The molecule has 0 spiro atoms. The lowest BCUT2D eigenvalue weighted by molar-refractivity contribution is 0.200. The zero-order valence-electron chi connectivity index (χ0n) is 15.5. The number of nitrogens with one attached hydrogen (secondary N) is 1. The third-order valence-electron chi connectivity index (χ3n) is 6.10. The Bertz CT molecular complexity index is 805. The molecule has 2 atom stereocenters. The molecule has 0 saturated carbocycles. The van der Waals surface area contributed by atoms with E-state index in [0.29, 0.717) is 18.3 Å². The molecule has 2 aliphatic rings. The molecule has 1 amide bonds. The molecule has 1 saturated heterocycles. The van der Waals surface area contributed by atoms with Gasteiger partial charge in [-0.3, -0.25) is 4.90 Å². The zero-order valence-corrected chi connectivity index (χ0v) is 15.5. The van der Waals surface area contributed by atoms with Crippen molar-refractivity contribution in [2.24, 2.45) is 0 Å². The standard InChI is InChI=1S/C22H26N2O2/c1-3-24-12-11-22(2)19-14-18(10-9-17(19)13-20(22)24)26-21(25)23-15-16-7-5-4-6-8-16/h4-10,14,20H,3,11-13,15H2,1-2H3,(H,23,25)/t20?,22-/m0/s1. The van der Waals surface area contributed by atoms with Gasteiger partial charge in [-0.1, -0.05) is 50.2 Å². The first-order valence-electron chi connectivity index (χ1n) is 9.47. The second kappa shape index (κ2) is 6.76. The SMILES string of the molecule is CCN1CC[C@@]2(C)c3cc(OC(=O)NCc4ccccc4)ccc3CC12. The Labute approximate surface area is 155 Å². The minimum absolute atomic E-state index is 0.172. The first-order chi connectivity index (χ1) is 12.6. The van der Waals surface area contributed by atoms with Crippen molar-refractivity contribution in [3.63, 3.8) is 0 Å². The van der Waals surface area contributed by atoms with E-state index in [1.807, 2.05) is 36.4 Å². The van der Waals surface area contributed by atoms with Crippen molar-refractivity contribution in [3.05, 3.63) is 65.2 Å². The number of hydrogen-bond acceptors (Lipinski definition) is 3. The lowest BCUT2D eigenvalue weighted by Crippen LogP contribution is -2.37. The molecule has 4 rings (SSSR count). The Morgan fingerprint density at radius 2 is 2.08 bits per heavy atom. The van der Waals surface area contributed by atoms with E-state index in [9.17, 15) is 4.79 Å². The van der Waals surface area contributed by atoms with E-state index < -0.39 is 6.09 Å². The highest BCUT2D eigenvalue weighted by molar-refractivity contribution is 5.70. The minimum Gasteiger partial charge on any atom is -0.410 e. The van der Waals surface area contributed by atoms with Gasteiger partial charge >= 0.3 is 6.09 Å². The van der Waals surface area contributed by atoms with E-state index in [4.69, 9.17) is 4.74 Å². The largest absolute Gasteiger partial charge is 0.412 e. The summed E-state index contributed by atoms with van der Waals surface area (Å²) in [5, 5.41) is 2.82. The van der Waals surface area contributed by atoms with E-state index >= 15 is 0 Å². The van der Waals surface area contributed by atoms with Gasteiger partial charge in [0.2, 0.25) is 0 Å². The Morgan fingerprint density at radius 3 is 2.85 bits per heavy atom. The lowest BCUT2D eigenvalue weighted by Gasteiger charge is -2.29. The fourth-order valence-electron chi connectivity index (χ4n) is 4.60. The molecule has 0 bridgehead atoms. The van der Waals surface area contributed by atoms with Crippen LogP contribution in [0.5, 0.6) is 5.75 Å². The summed E-state index contributed by atoms with van der Waals surface area (Å²) in [4.78, 5) is 14.7. The average Bonchev–Trinajstić information content (AvgIpc) is 3.13. The predicted octanol–water partition coefficient (Wildman–Crippen LogP) is 3.88. The number of fused-ring (bicyclic) bond motifs is 3. The monoisotopic (exact) mass is 350 g/mol. The number of carbonyl (C=O) groups excluding carboxylic acids is 1. The first-order valence-corrected chi connectivity index (χ1v) is 9.47. The van der Waals surface area contributed by atoms with Crippen molar-refractivity contribution in [1.29, 1.82) is 0 Å². The molecule has 26 heavy (non-hydrogen) atoms. The molecular formula is C22H26N2O2. The van der Waals surface area contributed by atoms with Gasteiger partial charge < -0.3 is 10.1 Å². The fourth-order valence-corrected chi connectivity index (χ4v) is 4.60. The topological polar surface area (TPSA) is 41.6 Å². The minimum atomic E-state index is -0.407. The fraction of sp³-hybridized carbons (Fsp3) is 0.409. The van der Waals surface area contributed by atoms with Crippen molar-refractivity contribution in [1.82, 2.24) is 10.2 Å². The van der Waals surface area contributed by atoms with Gasteiger partial charge in [-0.15, -0.1) is 0 Å². The predicted molar refractivity (Wildman–Crippen MR) is 102 cm³/mol. The van der Waals surface area contributed by atoms with Crippen molar-refractivity contribution in [2.75, 3.05) is 13.1 Å². The van der Waals surface area contributed by atoms with Crippen LogP contribution < -0.4 is 10.1 Å². The number of benzene rings is 2. The summed E-state index contributed by atoms with van der Waals surface area (Å²) in [6.45, 7) is 7.31. The molecule has 1 N–H and O–H groups in total. The third kappa shape index (κ3) is 2.99. The van der Waals surface area contributed by atoms with Crippen LogP contribution in [0.15, 0.2) is 48.5 Å². The van der Waals surface area contributed by atoms with Gasteiger partial charge in [-0.25, -0.2) is 4.79 Å². The zero-order chi connectivity index (χ0) is 18.1. The molecule has 2 aromatic carbocycles. The maximum Gasteiger partial charge on any atom is 0.412 e. The van der Waals surface area contributed by atoms with E-state index in [1.165, 1.54) is 17.5 Å². The summed E-state index contributed by atoms with van der Waals surface area (Å²) in [7, 11) is 0. The van der Waals surface area contributed by atoms with Gasteiger partial charge in [0.1, 0.15) is 5.75 Å². The highest BCUT2D eigenvalue weighted by Gasteiger charge is 2.49. The van der Waals surface area contributed by atoms with Gasteiger partial charge in [0, 0.05) is 18.0 Å². The summed E-state index contributed by atoms with van der Waals surface area (Å²) in [6, 6.07) is 16.5. The van der Waals surface area contributed by atoms with Crippen LogP contribution in [0.1, 0.15) is 37.0 Å². The normalized spacial score (nSPS) is 24.2. The van der Waals surface area contributed by atoms with Crippen LogP contribution in [-0.4, -0.2) is 30.1 Å². The van der Waals surface area contributed by atoms with Gasteiger partial charge in [-0.05, 0) is 54.8 Å². The highest BCUT2D eigenvalue weighted by Crippen LogP contribution is 2.48.